The number of aromatic nitrogens is 3. The minimum Gasteiger partial charge on any atom is -0.339 e. The van der Waals surface area contributed by atoms with E-state index in [1.807, 2.05) is 51.2 Å². The number of benzene rings is 1. The third-order valence-corrected chi connectivity index (χ3v) is 3.12. The van der Waals surface area contributed by atoms with Gasteiger partial charge in [-0.1, -0.05) is 18.2 Å². The molecule has 92 valence electrons. The Morgan fingerprint density at radius 3 is 2.61 bits per heavy atom. The molecular formula is C14H15N3O. The van der Waals surface area contributed by atoms with Crippen molar-refractivity contribution in [3.63, 3.8) is 0 Å². The molecule has 0 fully saturated rings. The lowest BCUT2D eigenvalue weighted by atomic mass is 10.1. The molecule has 0 aliphatic heterocycles. The third kappa shape index (κ3) is 1.53. The van der Waals surface area contributed by atoms with Crippen molar-refractivity contribution < 1.29 is 0 Å². The summed E-state index contributed by atoms with van der Waals surface area (Å²) in [6.07, 6.45) is 1.89. The molecular weight excluding hydrogens is 226 g/mol. The van der Waals surface area contributed by atoms with E-state index in [2.05, 4.69) is 9.97 Å². The Bertz CT molecular complexity index is 790. The summed E-state index contributed by atoms with van der Waals surface area (Å²) in [5.41, 5.74) is 1.17. The predicted molar refractivity (Wildman–Crippen MR) is 72.9 cm³/mol. The van der Waals surface area contributed by atoms with Gasteiger partial charge in [-0.05, 0) is 26.8 Å². The van der Waals surface area contributed by atoms with Crippen LogP contribution in [0.3, 0.4) is 0 Å². The van der Waals surface area contributed by atoms with Crippen molar-refractivity contribution in [2.24, 2.45) is 0 Å². The number of hydrogen-bond acceptors (Lipinski definition) is 2. The van der Waals surface area contributed by atoms with E-state index in [-0.39, 0.29) is 11.2 Å². The minimum absolute atomic E-state index is 0.221. The molecule has 0 aliphatic rings. The summed E-state index contributed by atoms with van der Waals surface area (Å²) in [7, 11) is 0. The summed E-state index contributed by atoms with van der Waals surface area (Å²) >= 11 is 0. The Morgan fingerprint density at radius 1 is 1.17 bits per heavy atom. The van der Waals surface area contributed by atoms with Crippen LogP contribution in [0, 0.1) is 0 Å². The minimum atomic E-state index is -0.267. The van der Waals surface area contributed by atoms with Gasteiger partial charge in [-0.3, -0.25) is 4.57 Å². The number of nitrogens with one attached hydrogen (secondary N) is 1. The molecule has 0 saturated carbocycles. The van der Waals surface area contributed by atoms with Crippen molar-refractivity contribution in [1.82, 2.24) is 14.5 Å². The van der Waals surface area contributed by atoms with Crippen molar-refractivity contribution in [2.45, 2.75) is 26.3 Å². The van der Waals surface area contributed by atoms with E-state index in [1.165, 1.54) is 0 Å². The second-order valence-corrected chi connectivity index (χ2v) is 5.50. The van der Waals surface area contributed by atoms with Gasteiger partial charge in [-0.25, -0.2) is 4.79 Å². The van der Waals surface area contributed by atoms with Crippen molar-refractivity contribution in [3.8, 4) is 0 Å². The molecule has 1 N–H and O–H groups in total. The molecule has 0 atom stereocenters. The van der Waals surface area contributed by atoms with E-state index in [0.717, 1.165) is 16.3 Å². The van der Waals surface area contributed by atoms with Crippen molar-refractivity contribution >= 4 is 21.9 Å². The number of aromatic amines is 1. The maximum atomic E-state index is 12.0. The molecule has 3 aromatic rings. The molecule has 3 rings (SSSR count). The molecule has 1 aromatic carbocycles. The standard InChI is InChI=1S/C14H15N3O/c1-14(2,3)17-8-10-9-6-4-5-7-11(9)15-12(10)16-13(17)18/h4-8H,1-3H3,(H,15,16,18). The van der Waals surface area contributed by atoms with Crippen LogP contribution >= 0.6 is 0 Å². The fourth-order valence-corrected chi connectivity index (χ4v) is 2.18. The second kappa shape index (κ2) is 3.45. The van der Waals surface area contributed by atoms with Crippen LogP contribution in [0.25, 0.3) is 21.9 Å². The van der Waals surface area contributed by atoms with E-state index in [4.69, 9.17) is 0 Å². The smallest absolute Gasteiger partial charge is 0.339 e. The average molecular weight is 241 g/mol. The Kier molecular flexibility index (Phi) is 2.11. The molecule has 18 heavy (non-hydrogen) atoms. The van der Waals surface area contributed by atoms with Crippen LogP contribution in [0.15, 0.2) is 35.3 Å². The molecule has 0 saturated heterocycles. The lowest BCUT2D eigenvalue weighted by Crippen LogP contribution is -2.34. The number of rotatable bonds is 0. The number of fused-ring (bicyclic) bond motifs is 3. The van der Waals surface area contributed by atoms with Gasteiger partial charge in [0.15, 0.2) is 0 Å². The maximum absolute atomic E-state index is 12.0. The first-order valence-electron chi connectivity index (χ1n) is 5.97. The van der Waals surface area contributed by atoms with E-state index in [1.54, 1.807) is 4.57 Å². The second-order valence-electron chi connectivity index (χ2n) is 5.50. The van der Waals surface area contributed by atoms with Crippen LogP contribution in [0.4, 0.5) is 0 Å². The third-order valence-electron chi connectivity index (χ3n) is 3.12. The van der Waals surface area contributed by atoms with Crippen LogP contribution < -0.4 is 5.69 Å². The van der Waals surface area contributed by atoms with Crippen molar-refractivity contribution in [2.75, 3.05) is 0 Å². The average Bonchev–Trinajstić information content (AvgIpc) is 2.63. The number of hydrogen-bond donors (Lipinski definition) is 1. The highest BCUT2D eigenvalue weighted by molar-refractivity contribution is 6.05. The Balaban J connectivity index is 2.47. The summed E-state index contributed by atoms with van der Waals surface area (Å²) in [5, 5.41) is 2.08. The summed E-state index contributed by atoms with van der Waals surface area (Å²) in [5.74, 6) is 0. The SMILES string of the molecule is CC(C)(C)n1cc2c(nc1=O)[nH]c1ccccc12. The summed E-state index contributed by atoms with van der Waals surface area (Å²) in [4.78, 5) is 19.3. The zero-order chi connectivity index (χ0) is 12.9. The van der Waals surface area contributed by atoms with E-state index in [0.29, 0.717) is 5.65 Å². The van der Waals surface area contributed by atoms with Crippen molar-refractivity contribution in [1.29, 1.82) is 0 Å². The zero-order valence-corrected chi connectivity index (χ0v) is 10.7. The molecule has 4 heteroatoms. The van der Waals surface area contributed by atoms with Crippen LogP contribution in [0.2, 0.25) is 0 Å². The lowest BCUT2D eigenvalue weighted by Gasteiger charge is -2.21. The first kappa shape index (κ1) is 11.0. The van der Waals surface area contributed by atoms with Gasteiger partial charge in [0.1, 0.15) is 5.65 Å². The molecule has 0 bridgehead atoms. The van der Waals surface area contributed by atoms with Gasteiger partial charge in [-0.15, -0.1) is 0 Å². The zero-order valence-electron chi connectivity index (χ0n) is 10.7. The van der Waals surface area contributed by atoms with Crippen LogP contribution in [0.5, 0.6) is 0 Å². The maximum Gasteiger partial charge on any atom is 0.350 e. The molecule has 0 unspecified atom stereocenters. The molecule has 0 radical (unpaired) electrons. The fourth-order valence-electron chi connectivity index (χ4n) is 2.18. The molecule has 2 aromatic heterocycles. The van der Waals surface area contributed by atoms with Gasteiger partial charge in [0.2, 0.25) is 0 Å². The summed E-state index contributed by atoms with van der Waals surface area (Å²) in [6.45, 7) is 5.99. The molecule has 2 heterocycles. The van der Waals surface area contributed by atoms with Crippen LogP contribution in [-0.2, 0) is 5.54 Å². The molecule has 4 nitrogen and oxygen atoms in total. The fraction of sp³-hybridized carbons (Fsp3) is 0.286. The molecule has 0 spiro atoms. The Labute approximate surface area is 104 Å². The highest BCUT2D eigenvalue weighted by Crippen LogP contribution is 2.23. The van der Waals surface area contributed by atoms with Gasteiger partial charge in [0, 0.05) is 28.0 Å². The van der Waals surface area contributed by atoms with Crippen LogP contribution in [0.1, 0.15) is 20.8 Å². The monoisotopic (exact) mass is 241 g/mol. The highest BCUT2D eigenvalue weighted by Gasteiger charge is 2.17. The number of nitrogens with zero attached hydrogens (tertiary/aromatic N) is 2. The molecule has 0 aliphatic carbocycles. The van der Waals surface area contributed by atoms with E-state index < -0.39 is 0 Å². The quantitative estimate of drug-likeness (QED) is 0.657. The largest absolute Gasteiger partial charge is 0.350 e. The van der Waals surface area contributed by atoms with Crippen LogP contribution in [-0.4, -0.2) is 14.5 Å². The van der Waals surface area contributed by atoms with Gasteiger partial charge in [-0.2, -0.15) is 4.98 Å². The number of para-hydroxylation sites is 1. The van der Waals surface area contributed by atoms with Gasteiger partial charge in [0.25, 0.3) is 0 Å². The summed E-state index contributed by atoms with van der Waals surface area (Å²) in [6, 6.07) is 7.98. The first-order valence-corrected chi connectivity index (χ1v) is 5.97. The van der Waals surface area contributed by atoms with Gasteiger partial charge >= 0.3 is 5.69 Å². The summed E-state index contributed by atoms with van der Waals surface area (Å²) < 4.78 is 1.68. The van der Waals surface area contributed by atoms with Crippen molar-refractivity contribution in [3.05, 3.63) is 40.9 Å². The topological polar surface area (TPSA) is 50.7 Å². The highest BCUT2D eigenvalue weighted by atomic mass is 16.1. The van der Waals surface area contributed by atoms with Gasteiger partial charge < -0.3 is 4.98 Å². The predicted octanol–water partition coefficient (Wildman–Crippen LogP) is 2.63. The molecule has 0 amide bonds. The lowest BCUT2D eigenvalue weighted by molar-refractivity contribution is 0.380. The number of H-pyrrole nitrogens is 1. The van der Waals surface area contributed by atoms with Gasteiger partial charge in [0.05, 0.1) is 0 Å². The first-order chi connectivity index (χ1) is 8.47. The Morgan fingerprint density at radius 2 is 1.89 bits per heavy atom. The normalized spacial score (nSPS) is 12.4. The Hall–Kier alpha value is -2.10. The van der Waals surface area contributed by atoms with E-state index in [9.17, 15) is 4.79 Å². The van der Waals surface area contributed by atoms with E-state index >= 15 is 0 Å².